The van der Waals surface area contributed by atoms with Gasteiger partial charge in [-0.3, -0.25) is 0 Å². The molecule has 106 valence electrons. The van der Waals surface area contributed by atoms with E-state index < -0.39 is 0 Å². The molecule has 2 rings (SSSR count). The van der Waals surface area contributed by atoms with Crippen LogP contribution in [0.4, 0.5) is 0 Å². The van der Waals surface area contributed by atoms with Crippen molar-refractivity contribution in [1.29, 1.82) is 0 Å². The van der Waals surface area contributed by atoms with E-state index in [0.29, 0.717) is 17.2 Å². The highest BCUT2D eigenvalue weighted by Gasteiger charge is 2.28. The highest BCUT2D eigenvalue weighted by molar-refractivity contribution is 5.51. The molecule has 0 amide bonds. The van der Waals surface area contributed by atoms with Crippen molar-refractivity contribution < 1.29 is 18.9 Å². The van der Waals surface area contributed by atoms with Crippen LogP contribution in [-0.4, -0.2) is 34.0 Å². The summed E-state index contributed by atoms with van der Waals surface area (Å²) in [5.74, 6) is 1.99. The van der Waals surface area contributed by atoms with Crippen LogP contribution in [0, 0.1) is 0 Å². The average molecular weight is 267 g/mol. The Morgan fingerprint density at radius 1 is 1.05 bits per heavy atom. The molecule has 0 bridgehead atoms. The van der Waals surface area contributed by atoms with Gasteiger partial charge in [0.1, 0.15) is 11.9 Å². The standard InChI is InChI=1S/C14H21NO4/c1-16-11-8-13(18-3)12(17-2)7-9(11)14-10(15)5-4-6-19-14/h7-8,10,14H,4-6,15H2,1-3H3. The van der Waals surface area contributed by atoms with Crippen LogP contribution in [-0.2, 0) is 4.74 Å². The van der Waals surface area contributed by atoms with Gasteiger partial charge in [0.25, 0.3) is 0 Å². The molecule has 0 aliphatic carbocycles. The minimum absolute atomic E-state index is 0.0271. The molecule has 1 aliphatic rings. The lowest BCUT2D eigenvalue weighted by molar-refractivity contribution is -0.00127. The van der Waals surface area contributed by atoms with Gasteiger partial charge in [0.2, 0.25) is 0 Å². The summed E-state index contributed by atoms with van der Waals surface area (Å²) >= 11 is 0. The normalized spacial score (nSPS) is 22.9. The van der Waals surface area contributed by atoms with Gasteiger partial charge in [-0.2, -0.15) is 0 Å². The molecule has 0 radical (unpaired) electrons. The molecule has 0 saturated carbocycles. The minimum atomic E-state index is -0.163. The van der Waals surface area contributed by atoms with Gasteiger partial charge in [0.15, 0.2) is 11.5 Å². The lowest BCUT2D eigenvalue weighted by atomic mass is 9.95. The first-order valence-electron chi connectivity index (χ1n) is 6.38. The van der Waals surface area contributed by atoms with Crippen molar-refractivity contribution in [2.75, 3.05) is 27.9 Å². The van der Waals surface area contributed by atoms with Crippen molar-refractivity contribution in [2.24, 2.45) is 5.73 Å². The first-order chi connectivity index (χ1) is 9.21. The summed E-state index contributed by atoms with van der Waals surface area (Å²) in [5.41, 5.74) is 7.05. The van der Waals surface area contributed by atoms with E-state index in [1.54, 1.807) is 27.4 Å². The maximum absolute atomic E-state index is 6.14. The van der Waals surface area contributed by atoms with Gasteiger partial charge in [0, 0.05) is 24.3 Å². The third-order valence-electron chi connectivity index (χ3n) is 3.41. The summed E-state index contributed by atoms with van der Waals surface area (Å²) in [6.45, 7) is 0.718. The number of rotatable bonds is 4. The Morgan fingerprint density at radius 3 is 2.26 bits per heavy atom. The molecule has 1 aromatic carbocycles. The van der Waals surface area contributed by atoms with Crippen molar-refractivity contribution in [3.63, 3.8) is 0 Å². The van der Waals surface area contributed by atoms with E-state index in [9.17, 15) is 0 Å². The zero-order valence-electron chi connectivity index (χ0n) is 11.6. The van der Waals surface area contributed by atoms with Gasteiger partial charge < -0.3 is 24.7 Å². The highest BCUT2D eigenvalue weighted by Crippen LogP contribution is 2.40. The molecule has 2 N–H and O–H groups in total. The average Bonchev–Trinajstić information content (AvgIpc) is 2.46. The zero-order valence-corrected chi connectivity index (χ0v) is 11.6. The predicted molar refractivity (Wildman–Crippen MR) is 72.0 cm³/mol. The maximum Gasteiger partial charge on any atom is 0.164 e. The van der Waals surface area contributed by atoms with E-state index in [1.807, 2.05) is 6.07 Å². The predicted octanol–water partition coefficient (Wildman–Crippen LogP) is 1.89. The van der Waals surface area contributed by atoms with E-state index in [1.165, 1.54) is 0 Å². The van der Waals surface area contributed by atoms with Crippen LogP contribution < -0.4 is 19.9 Å². The Hall–Kier alpha value is -1.46. The molecule has 2 atom stereocenters. The largest absolute Gasteiger partial charge is 0.496 e. The van der Waals surface area contributed by atoms with Crippen LogP contribution in [0.15, 0.2) is 12.1 Å². The Balaban J connectivity index is 2.42. The van der Waals surface area contributed by atoms with E-state index in [0.717, 1.165) is 25.0 Å². The van der Waals surface area contributed by atoms with Gasteiger partial charge >= 0.3 is 0 Å². The number of nitrogens with two attached hydrogens (primary N) is 1. The summed E-state index contributed by atoms with van der Waals surface area (Å²) in [7, 11) is 4.83. The molecule has 1 saturated heterocycles. The summed E-state index contributed by atoms with van der Waals surface area (Å²) in [4.78, 5) is 0. The second-order valence-corrected chi connectivity index (χ2v) is 4.55. The molecule has 1 heterocycles. The maximum atomic E-state index is 6.14. The number of benzene rings is 1. The molecule has 2 unspecified atom stereocenters. The topological polar surface area (TPSA) is 62.9 Å². The van der Waals surface area contributed by atoms with Crippen molar-refractivity contribution in [3.8, 4) is 17.2 Å². The Kier molecular flexibility index (Phi) is 4.50. The molecule has 5 nitrogen and oxygen atoms in total. The smallest absolute Gasteiger partial charge is 0.164 e. The molecule has 1 aromatic rings. The highest BCUT2D eigenvalue weighted by atomic mass is 16.5. The second-order valence-electron chi connectivity index (χ2n) is 4.55. The van der Waals surface area contributed by atoms with Gasteiger partial charge in [-0.05, 0) is 18.9 Å². The molecular weight excluding hydrogens is 246 g/mol. The number of hydrogen-bond acceptors (Lipinski definition) is 5. The summed E-state index contributed by atoms with van der Waals surface area (Å²) in [6.07, 6.45) is 1.78. The van der Waals surface area contributed by atoms with Crippen LogP contribution in [0.25, 0.3) is 0 Å². The van der Waals surface area contributed by atoms with E-state index in [2.05, 4.69) is 0 Å². The minimum Gasteiger partial charge on any atom is -0.496 e. The SMILES string of the molecule is COc1cc(OC)c(C2OCCCC2N)cc1OC. The Bertz CT molecular complexity index is 436. The van der Waals surface area contributed by atoms with Gasteiger partial charge in [-0.1, -0.05) is 0 Å². The number of hydrogen-bond donors (Lipinski definition) is 1. The van der Waals surface area contributed by atoms with Crippen LogP contribution in [0.5, 0.6) is 17.2 Å². The van der Waals surface area contributed by atoms with Crippen LogP contribution in [0.1, 0.15) is 24.5 Å². The summed E-state index contributed by atoms with van der Waals surface area (Å²) < 4.78 is 21.8. The van der Waals surface area contributed by atoms with Crippen LogP contribution in [0.2, 0.25) is 0 Å². The zero-order chi connectivity index (χ0) is 13.8. The lowest BCUT2D eigenvalue weighted by Gasteiger charge is -2.30. The fraction of sp³-hybridized carbons (Fsp3) is 0.571. The van der Waals surface area contributed by atoms with Gasteiger partial charge in [-0.25, -0.2) is 0 Å². The van der Waals surface area contributed by atoms with E-state index >= 15 is 0 Å². The fourth-order valence-corrected chi connectivity index (χ4v) is 2.40. The molecule has 5 heteroatoms. The molecular formula is C14H21NO4. The quantitative estimate of drug-likeness (QED) is 0.902. The monoisotopic (exact) mass is 267 g/mol. The van der Waals surface area contributed by atoms with Gasteiger partial charge in [0.05, 0.1) is 21.3 Å². The third-order valence-corrected chi connectivity index (χ3v) is 3.41. The molecule has 1 fully saturated rings. The van der Waals surface area contributed by atoms with E-state index in [4.69, 9.17) is 24.7 Å². The Morgan fingerprint density at radius 2 is 1.68 bits per heavy atom. The Labute approximate surface area is 113 Å². The van der Waals surface area contributed by atoms with Crippen molar-refractivity contribution in [2.45, 2.75) is 25.0 Å². The van der Waals surface area contributed by atoms with Gasteiger partial charge in [-0.15, -0.1) is 0 Å². The number of methoxy groups -OCH3 is 3. The lowest BCUT2D eigenvalue weighted by Crippen LogP contribution is -2.34. The molecule has 1 aliphatic heterocycles. The first-order valence-corrected chi connectivity index (χ1v) is 6.38. The molecule has 19 heavy (non-hydrogen) atoms. The van der Waals surface area contributed by atoms with Crippen molar-refractivity contribution in [1.82, 2.24) is 0 Å². The van der Waals surface area contributed by atoms with Crippen molar-refractivity contribution >= 4 is 0 Å². The van der Waals surface area contributed by atoms with Crippen molar-refractivity contribution in [3.05, 3.63) is 17.7 Å². The molecule has 0 aromatic heterocycles. The first kappa shape index (κ1) is 14.0. The number of ether oxygens (including phenoxy) is 4. The fourth-order valence-electron chi connectivity index (χ4n) is 2.40. The third kappa shape index (κ3) is 2.77. The molecule has 0 spiro atoms. The van der Waals surface area contributed by atoms with Crippen LogP contribution >= 0.6 is 0 Å². The summed E-state index contributed by atoms with van der Waals surface area (Å²) in [6, 6.07) is 3.66. The van der Waals surface area contributed by atoms with Crippen LogP contribution in [0.3, 0.4) is 0 Å². The second kappa shape index (κ2) is 6.12. The van der Waals surface area contributed by atoms with E-state index in [-0.39, 0.29) is 12.1 Å². The summed E-state index contributed by atoms with van der Waals surface area (Å²) in [5, 5.41) is 0.